The minimum Gasteiger partial charge on any atom is -0.406 e. The number of ether oxygens (including phenoxy) is 1. The highest BCUT2D eigenvalue weighted by atomic mass is 35.5. The first-order valence-electron chi connectivity index (χ1n) is 8.12. The fourth-order valence-corrected chi connectivity index (χ4v) is 2.45. The van der Waals surface area contributed by atoms with Crippen LogP contribution in [0.5, 0.6) is 5.75 Å². The van der Waals surface area contributed by atoms with Gasteiger partial charge < -0.3 is 19.7 Å². The Labute approximate surface area is 167 Å². The molecule has 0 saturated carbocycles. The average Bonchev–Trinajstić information content (AvgIpc) is 3.15. The van der Waals surface area contributed by atoms with Crippen molar-refractivity contribution in [3.8, 4) is 17.1 Å². The molecule has 0 saturated heterocycles. The van der Waals surface area contributed by atoms with Crippen LogP contribution in [0.15, 0.2) is 53.1 Å². The lowest BCUT2D eigenvalue weighted by Crippen LogP contribution is -2.31. The molecule has 3 aromatic rings. The van der Waals surface area contributed by atoms with Gasteiger partial charge in [0.15, 0.2) is 0 Å². The number of hydrogen-bond acceptors (Lipinski definition) is 6. The summed E-state index contributed by atoms with van der Waals surface area (Å²) in [5.74, 6) is -0.888. The van der Waals surface area contributed by atoms with Gasteiger partial charge in [0, 0.05) is 16.1 Å². The van der Waals surface area contributed by atoms with Crippen LogP contribution >= 0.6 is 11.6 Å². The smallest absolute Gasteiger partial charge is 0.406 e. The van der Waals surface area contributed by atoms with E-state index in [4.69, 9.17) is 16.1 Å². The molecule has 0 spiro atoms. The molecular weight excluding hydrogens is 415 g/mol. The standard InChI is InChI=1S/C18H13ClF3N3O4/c19-12-5-1-11(2-6-12)16(27)23-14(9-26)17-24-15(25-29-17)10-3-7-13(8-4-10)28-18(20,21)22/h1-8,14,26H,9H2,(H,23,27)/t14-/m1/s1. The van der Waals surface area contributed by atoms with Crippen LogP contribution in [0.4, 0.5) is 13.2 Å². The molecule has 29 heavy (non-hydrogen) atoms. The van der Waals surface area contributed by atoms with Crippen LogP contribution in [0, 0.1) is 0 Å². The largest absolute Gasteiger partial charge is 0.573 e. The predicted octanol–water partition coefficient (Wildman–Crippen LogP) is 3.75. The van der Waals surface area contributed by atoms with E-state index < -0.39 is 30.7 Å². The van der Waals surface area contributed by atoms with Crippen LogP contribution in [0.1, 0.15) is 22.3 Å². The first-order valence-corrected chi connectivity index (χ1v) is 8.50. The van der Waals surface area contributed by atoms with E-state index in [2.05, 4.69) is 20.2 Å². The Balaban J connectivity index is 1.71. The Kier molecular flexibility index (Phi) is 6.04. The molecule has 1 heterocycles. The first kappa shape index (κ1) is 20.6. The van der Waals surface area contributed by atoms with Crippen LogP contribution in [0.2, 0.25) is 5.02 Å². The van der Waals surface area contributed by atoms with Gasteiger partial charge >= 0.3 is 6.36 Å². The molecule has 0 fully saturated rings. The summed E-state index contributed by atoms with van der Waals surface area (Å²) in [6.45, 7) is -0.515. The Morgan fingerprint density at radius 3 is 2.41 bits per heavy atom. The number of halogens is 4. The van der Waals surface area contributed by atoms with E-state index in [1.807, 2.05) is 0 Å². The van der Waals surface area contributed by atoms with Crippen molar-refractivity contribution in [3.63, 3.8) is 0 Å². The van der Waals surface area contributed by atoms with E-state index in [1.165, 1.54) is 24.3 Å². The van der Waals surface area contributed by atoms with Gasteiger partial charge in [0.1, 0.15) is 11.8 Å². The summed E-state index contributed by atoms with van der Waals surface area (Å²) in [7, 11) is 0. The van der Waals surface area contributed by atoms with Crippen molar-refractivity contribution >= 4 is 17.5 Å². The molecular formula is C18H13ClF3N3O4. The van der Waals surface area contributed by atoms with Crippen LogP contribution in [-0.4, -0.2) is 34.1 Å². The van der Waals surface area contributed by atoms with Crippen molar-refractivity contribution in [2.24, 2.45) is 0 Å². The van der Waals surface area contributed by atoms with E-state index in [0.717, 1.165) is 12.1 Å². The summed E-state index contributed by atoms with van der Waals surface area (Å²) >= 11 is 5.78. The summed E-state index contributed by atoms with van der Waals surface area (Å²) in [4.78, 5) is 16.3. The Morgan fingerprint density at radius 2 is 1.83 bits per heavy atom. The second-order valence-corrected chi connectivity index (χ2v) is 6.18. The topological polar surface area (TPSA) is 97.5 Å². The maximum atomic E-state index is 12.3. The first-order chi connectivity index (χ1) is 13.7. The SMILES string of the molecule is O=C(N[C@H](CO)c1nc(-c2ccc(OC(F)(F)F)cc2)no1)c1ccc(Cl)cc1. The number of nitrogens with zero attached hydrogens (tertiary/aromatic N) is 2. The molecule has 11 heteroatoms. The van der Waals surface area contributed by atoms with Crippen molar-refractivity contribution in [1.82, 2.24) is 15.5 Å². The van der Waals surface area contributed by atoms with Gasteiger partial charge in [-0.2, -0.15) is 4.98 Å². The highest BCUT2D eigenvalue weighted by Crippen LogP contribution is 2.26. The maximum absolute atomic E-state index is 12.3. The second kappa shape index (κ2) is 8.50. The number of nitrogens with one attached hydrogen (secondary N) is 1. The van der Waals surface area contributed by atoms with Crippen molar-refractivity contribution in [3.05, 3.63) is 65.0 Å². The number of alkyl halides is 3. The van der Waals surface area contributed by atoms with Gasteiger partial charge in [-0.15, -0.1) is 13.2 Å². The molecule has 2 N–H and O–H groups in total. The molecule has 7 nitrogen and oxygen atoms in total. The van der Waals surface area contributed by atoms with Gasteiger partial charge in [-0.25, -0.2) is 0 Å². The van der Waals surface area contributed by atoms with Crippen LogP contribution in [-0.2, 0) is 0 Å². The van der Waals surface area contributed by atoms with E-state index in [-0.39, 0.29) is 11.7 Å². The normalized spacial score (nSPS) is 12.4. The molecule has 0 aliphatic carbocycles. The number of aromatic nitrogens is 2. The summed E-state index contributed by atoms with van der Waals surface area (Å²) < 4.78 is 45.5. The fraction of sp³-hybridized carbons (Fsp3) is 0.167. The molecule has 0 bridgehead atoms. The molecule has 3 rings (SSSR count). The summed E-state index contributed by atoms with van der Waals surface area (Å²) in [5, 5.41) is 16.3. The molecule has 152 valence electrons. The van der Waals surface area contributed by atoms with Crippen molar-refractivity contribution in [1.29, 1.82) is 0 Å². The van der Waals surface area contributed by atoms with Gasteiger partial charge in [0.05, 0.1) is 6.61 Å². The zero-order chi connectivity index (χ0) is 21.0. The van der Waals surface area contributed by atoms with Gasteiger partial charge in [0.2, 0.25) is 5.82 Å². The van der Waals surface area contributed by atoms with E-state index in [9.17, 15) is 23.1 Å². The molecule has 2 aromatic carbocycles. The van der Waals surface area contributed by atoms with Crippen LogP contribution in [0.25, 0.3) is 11.4 Å². The van der Waals surface area contributed by atoms with E-state index in [1.54, 1.807) is 12.1 Å². The van der Waals surface area contributed by atoms with E-state index in [0.29, 0.717) is 16.1 Å². The number of hydrogen-bond donors (Lipinski definition) is 2. The third-order valence-corrected chi connectivity index (χ3v) is 3.93. The fourth-order valence-electron chi connectivity index (χ4n) is 2.33. The molecule has 0 aliphatic heterocycles. The molecule has 0 radical (unpaired) electrons. The van der Waals surface area contributed by atoms with Crippen LogP contribution < -0.4 is 10.1 Å². The quantitative estimate of drug-likeness (QED) is 0.621. The Hall–Kier alpha value is -3.11. The van der Waals surface area contributed by atoms with Crippen molar-refractivity contribution < 1.29 is 32.3 Å². The number of carbonyl (C=O) groups excluding carboxylic acids is 1. The van der Waals surface area contributed by atoms with Gasteiger partial charge in [0.25, 0.3) is 11.8 Å². The summed E-state index contributed by atoms with van der Waals surface area (Å²) in [5.41, 5.74) is 0.670. The second-order valence-electron chi connectivity index (χ2n) is 5.74. The highest BCUT2D eigenvalue weighted by Gasteiger charge is 2.31. The van der Waals surface area contributed by atoms with Crippen molar-refractivity contribution in [2.45, 2.75) is 12.4 Å². The lowest BCUT2D eigenvalue weighted by molar-refractivity contribution is -0.274. The minimum atomic E-state index is -4.79. The summed E-state index contributed by atoms with van der Waals surface area (Å²) in [6.07, 6.45) is -4.79. The zero-order valence-electron chi connectivity index (χ0n) is 14.5. The average molecular weight is 428 g/mol. The Morgan fingerprint density at radius 1 is 1.17 bits per heavy atom. The highest BCUT2D eigenvalue weighted by molar-refractivity contribution is 6.30. The predicted molar refractivity (Wildman–Crippen MR) is 95.2 cm³/mol. The number of benzene rings is 2. The zero-order valence-corrected chi connectivity index (χ0v) is 15.2. The minimum absolute atomic E-state index is 0.0674. The molecule has 1 aromatic heterocycles. The number of rotatable bonds is 6. The van der Waals surface area contributed by atoms with Crippen molar-refractivity contribution in [2.75, 3.05) is 6.61 Å². The third kappa shape index (κ3) is 5.46. The molecule has 0 unspecified atom stereocenters. The lowest BCUT2D eigenvalue weighted by Gasteiger charge is -2.12. The number of amides is 1. The third-order valence-electron chi connectivity index (χ3n) is 3.68. The number of carbonyl (C=O) groups is 1. The maximum Gasteiger partial charge on any atom is 0.573 e. The van der Waals surface area contributed by atoms with Gasteiger partial charge in [-0.05, 0) is 48.5 Å². The lowest BCUT2D eigenvalue weighted by atomic mass is 10.2. The monoisotopic (exact) mass is 427 g/mol. The number of aliphatic hydroxyl groups is 1. The Bertz CT molecular complexity index is 975. The number of aliphatic hydroxyl groups excluding tert-OH is 1. The molecule has 0 aliphatic rings. The van der Waals surface area contributed by atoms with E-state index >= 15 is 0 Å². The van der Waals surface area contributed by atoms with Crippen LogP contribution in [0.3, 0.4) is 0 Å². The van der Waals surface area contributed by atoms with Gasteiger partial charge in [-0.1, -0.05) is 16.8 Å². The molecule has 1 atom stereocenters. The summed E-state index contributed by atoms with van der Waals surface area (Å²) in [6, 6.07) is 9.96. The molecule has 1 amide bonds. The van der Waals surface area contributed by atoms with Gasteiger partial charge in [-0.3, -0.25) is 4.79 Å².